The molecule has 0 saturated heterocycles. The number of nitrogens with zero attached hydrogens (tertiary/aromatic N) is 2. The Morgan fingerprint density at radius 3 is 3.08 bits per heavy atom. The quantitative estimate of drug-likeness (QED) is 0.484. The molecule has 3 nitrogen and oxygen atoms in total. The highest BCUT2D eigenvalue weighted by Gasteiger charge is 2.13. The molecule has 2 radical (unpaired) electrons. The van der Waals surface area contributed by atoms with E-state index in [-0.39, 0.29) is 0 Å². The summed E-state index contributed by atoms with van der Waals surface area (Å²) in [7, 11) is 5.51. The zero-order valence-electron chi connectivity index (χ0n) is 6.47. The smallest absolute Gasteiger partial charge is 0.170 e. The van der Waals surface area contributed by atoms with Crippen molar-refractivity contribution in [2.24, 2.45) is 0 Å². The molecule has 2 rings (SSSR count). The predicted octanol–water partition coefficient (Wildman–Crippen LogP) is -0.321. The maximum Gasteiger partial charge on any atom is 0.170 e. The van der Waals surface area contributed by atoms with Gasteiger partial charge in [0.15, 0.2) is 7.85 Å². The van der Waals surface area contributed by atoms with Crippen LogP contribution < -0.4 is 11.0 Å². The second kappa shape index (κ2) is 3.14. The van der Waals surface area contributed by atoms with Gasteiger partial charge in [0.1, 0.15) is 4.60 Å². The van der Waals surface area contributed by atoms with Crippen LogP contribution in [0.2, 0.25) is 0 Å². The molecule has 12 heavy (non-hydrogen) atoms. The molecule has 2 heterocycles. The van der Waals surface area contributed by atoms with Crippen LogP contribution >= 0.6 is 15.9 Å². The van der Waals surface area contributed by atoms with Gasteiger partial charge in [-0.25, -0.2) is 9.97 Å². The second-order valence-electron chi connectivity index (χ2n) is 2.72. The van der Waals surface area contributed by atoms with Gasteiger partial charge in [0.2, 0.25) is 0 Å². The number of aromatic nitrogens is 2. The molecule has 0 saturated carbocycles. The van der Waals surface area contributed by atoms with Crippen molar-refractivity contribution in [1.29, 1.82) is 0 Å². The lowest BCUT2D eigenvalue weighted by Crippen LogP contribution is -2.29. The van der Waals surface area contributed by atoms with Crippen molar-refractivity contribution in [3.63, 3.8) is 0 Å². The highest BCUT2D eigenvalue weighted by molar-refractivity contribution is 9.10. The van der Waals surface area contributed by atoms with Gasteiger partial charge in [-0.15, -0.1) is 0 Å². The Labute approximate surface area is 80.5 Å². The van der Waals surface area contributed by atoms with Crippen LogP contribution in [0.15, 0.2) is 4.60 Å². The van der Waals surface area contributed by atoms with Gasteiger partial charge < -0.3 is 5.32 Å². The summed E-state index contributed by atoms with van der Waals surface area (Å²) in [5.74, 6) is 0. The van der Waals surface area contributed by atoms with Crippen molar-refractivity contribution in [2.75, 3.05) is 6.54 Å². The first-order chi connectivity index (χ1) is 5.77. The third kappa shape index (κ3) is 1.38. The van der Waals surface area contributed by atoms with E-state index in [1.54, 1.807) is 0 Å². The lowest BCUT2D eigenvalue weighted by molar-refractivity contribution is 0.624. The zero-order valence-corrected chi connectivity index (χ0v) is 8.06. The largest absolute Gasteiger partial charge is 0.312 e. The number of halogens is 1. The van der Waals surface area contributed by atoms with Gasteiger partial charge in [0.25, 0.3) is 0 Å². The summed E-state index contributed by atoms with van der Waals surface area (Å²) in [4.78, 5) is 8.20. The van der Waals surface area contributed by atoms with Crippen molar-refractivity contribution in [3.8, 4) is 0 Å². The minimum Gasteiger partial charge on any atom is -0.312 e. The van der Waals surface area contributed by atoms with Crippen molar-refractivity contribution >= 4 is 29.5 Å². The monoisotopic (exact) mass is 223 g/mol. The molecule has 1 aromatic heterocycles. The van der Waals surface area contributed by atoms with Crippen LogP contribution in [0.5, 0.6) is 0 Å². The molecule has 1 N–H and O–H groups in total. The van der Waals surface area contributed by atoms with Crippen LogP contribution in [0, 0.1) is 0 Å². The number of rotatable bonds is 0. The van der Waals surface area contributed by atoms with E-state index in [1.807, 2.05) is 0 Å². The first kappa shape index (κ1) is 8.20. The molecule has 60 valence electrons. The minimum atomic E-state index is 0.350. The summed E-state index contributed by atoms with van der Waals surface area (Å²) in [6.45, 7) is 1.80. The highest BCUT2D eigenvalue weighted by Crippen LogP contribution is 2.17. The van der Waals surface area contributed by atoms with Crippen LogP contribution in [-0.2, 0) is 13.0 Å². The van der Waals surface area contributed by atoms with Gasteiger partial charge in [0, 0.05) is 30.8 Å². The molecule has 1 aromatic rings. The standard InChI is InChI=1S/C7H7BBrN3/c8-7-11-5-1-2-10-3-4(5)6(9)12-7/h10H,1-3H2. The van der Waals surface area contributed by atoms with Crippen molar-refractivity contribution < 1.29 is 0 Å². The Balaban J connectivity index is 2.53. The van der Waals surface area contributed by atoms with Crippen molar-refractivity contribution in [2.45, 2.75) is 13.0 Å². The summed E-state index contributed by atoms with van der Waals surface area (Å²) in [6, 6.07) is 0. The summed E-state index contributed by atoms with van der Waals surface area (Å²) in [5, 5.41) is 3.25. The van der Waals surface area contributed by atoms with Gasteiger partial charge in [-0.3, -0.25) is 0 Å². The fourth-order valence-corrected chi connectivity index (χ4v) is 1.87. The van der Waals surface area contributed by atoms with Crippen LogP contribution in [0.1, 0.15) is 11.3 Å². The number of nitrogens with one attached hydrogen (secondary N) is 1. The molecule has 0 aliphatic carbocycles. The first-order valence-corrected chi connectivity index (χ1v) is 4.58. The maximum absolute atomic E-state index is 5.51. The predicted molar refractivity (Wildman–Crippen MR) is 50.5 cm³/mol. The molecular formula is C7H7BBrN3. The molecule has 0 bridgehead atoms. The van der Waals surface area contributed by atoms with Gasteiger partial charge in [-0.05, 0) is 15.9 Å². The van der Waals surface area contributed by atoms with Gasteiger partial charge >= 0.3 is 0 Å². The van der Waals surface area contributed by atoms with E-state index >= 15 is 0 Å². The SMILES string of the molecule is [B]c1nc(Br)c2c(n1)CCNC2. The number of fused-ring (bicyclic) bond motifs is 1. The average Bonchev–Trinajstić information content (AvgIpc) is 2.04. The second-order valence-corrected chi connectivity index (χ2v) is 3.48. The van der Waals surface area contributed by atoms with Gasteiger partial charge in [-0.2, -0.15) is 0 Å². The van der Waals surface area contributed by atoms with Gasteiger partial charge in [-0.1, -0.05) is 0 Å². The zero-order chi connectivity index (χ0) is 8.55. The van der Waals surface area contributed by atoms with Crippen LogP contribution in [0.3, 0.4) is 0 Å². The third-order valence-corrected chi connectivity index (χ3v) is 2.56. The Hall–Kier alpha value is -0.415. The van der Waals surface area contributed by atoms with E-state index in [1.165, 1.54) is 0 Å². The van der Waals surface area contributed by atoms with Crippen LogP contribution in [0.4, 0.5) is 0 Å². The summed E-state index contributed by atoms with van der Waals surface area (Å²) in [5.41, 5.74) is 2.55. The third-order valence-electron chi connectivity index (χ3n) is 1.90. The van der Waals surface area contributed by atoms with Crippen molar-refractivity contribution in [1.82, 2.24) is 15.3 Å². The Morgan fingerprint density at radius 2 is 2.25 bits per heavy atom. The first-order valence-electron chi connectivity index (χ1n) is 3.79. The number of hydrogen-bond acceptors (Lipinski definition) is 3. The highest BCUT2D eigenvalue weighted by atomic mass is 79.9. The summed E-state index contributed by atoms with van der Waals surface area (Å²) >= 11 is 3.36. The van der Waals surface area contributed by atoms with E-state index in [4.69, 9.17) is 7.85 Å². The Kier molecular flexibility index (Phi) is 2.15. The van der Waals surface area contributed by atoms with E-state index in [0.717, 1.165) is 35.4 Å². The van der Waals surface area contributed by atoms with Crippen LogP contribution in [-0.4, -0.2) is 24.4 Å². The van der Waals surface area contributed by atoms with E-state index in [9.17, 15) is 0 Å². The van der Waals surface area contributed by atoms with E-state index < -0.39 is 0 Å². The molecule has 0 fully saturated rings. The molecule has 1 aliphatic heterocycles. The molecule has 0 spiro atoms. The maximum atomic E-state index is 5.51. The topological polar surface area (TPSA) is 37.8 Å². The summed E-state index contributed by atoms with van der Waals surface area (Å²) < 4.78 is 0.817. The molecular weight excluding hydrogens is 217 g/mol. The van der Waals surface area contributed by atoms with E-state index in [2.05, 4.69) is 31.2 Å². The molecule has 0 aromatic carbocycles. The lowest BCUT2D eigenvalue weighted by Gasteiger charge is -2.17. The van der Waals surface area contributed by atoms with Gasteiger partial charge in [0.05, 0.1) is 5.72 Å². The summed E-state index contributed by atoms with van der Waals surface area (Å²) in [6.07, 6.45) is 0.931. The van der Waals surface area contributed by atoms with Crippen LogP contribution in [0.25, 0.3) is 0 Å². The Bertz CT molecular complexity index is 316. The molecule has 0 unspecified atom stereocenters. The molecule has 0 atom stereocenters. The van der Waals surface area contributed by atoms with E-state index in [0.29, 0.717) is 5.72 Å². The normalized spacial score (nSPS) is 15.8. The number of hydrogen-bond donors (Lipinski definition) is 1. The average molecular weight is 224 g/mol. The fourth-order valence-electron chi connectivity index (χ4n) is 1.32. The Morgan fingerprint density at radius 1 is 1.42 bits per heavy atom. The molecule has 5 heteroatoms. The lowest BCUT2D eigenvalue weighted by atomic mass is 10.1. The fraction of sp³-hybridized carbons (Fsp3) is 0.429. The molecule has 1 aliphatic rings. The molecule has 0 amide bonds. The van der Waals surface area contributed by atoms with Crippen molar-refractivity contribution in [3.05, 3.63) is 15.9 Å². The minimum absolute atomic E-state index is 0.350.